The molecule has 2 aromatic rings. The second-order valence-corrected chi connectivity index (χ2v) is 9.61. The number of benzene rings is 1. The van der Waals surface area contributed by atoms with Gasteiger partial charge in [0.15, 0.2) is 0 Å². The average Bonchev–Trinajstić information content (AvgIpc) is 2.67. The van der Waals surface area contributed by atoms with Gasteiger partial charge < -0.3 is 9.64 Å². The molecule has 0 bridgehead atoms. The third-order valence-corrected chi connectivity index (χ3v) is 7.17. The highest BCUT2D eigenvalue weighted by molar-refractivity contribution is 5.97. The van der Waals surface area contributed by atoms with E-state index in [9.17, 15) is 4.79 Å². The lowest BCUT2D eigenvalue weighted by Crippen LogP contribution is -2.52. The van der Waals surface area contributed by atoms with E-state index in [2.05, 4.69) is 37.9 Å². The summed E-state index contributed by atoms with van der Waals surface area (Å²) in [5.41, 5.74) is 5.56. The Hall–Kier alpha value is -2.43. The molecule has 1 amide bonds. The van der Waals surface area contributed by atoms with Gasteiger partial charge in [0.05, 0.1) is 18.4 Å². The highest BCUT2D eigenvalue weighted by atomic mass is 16.5. The predicted molar refractivity (Wildman–Crippen MR) is 114 cm³/mol. The normalized spacial score (nSPS) is 24.2. The number of hydrogen-bond donors (Lipinski definition) is 0. The lowest BCUT2D eigenvalue weighted by Gasteiger charge is -2.54. The zero-order valence-corrected chi connectivity index (χ0v) is 18.6. The van der Waals surface area contributed by atoms with Crippen molar-refractivity contribution < 1.29 is 9.53 Å². The Balaban J connectivity index is 1.90. The first-order valence-corrected chi connectivity index (χ1v) is 10.4. The van der Waals surface area contributed by atoms with Crippen molar-refractivity contribution in [1.82, 2.24) is 14.9 Å². The first kappa shape index (κ1) is 19.9. The van der Waals surface area contributed by atoms with E-state index in [0.29, 0.717) is 17.2 Å². The minimum atomic E-state index is -0.0460. The van der Waals surface area contributed by atoms with Crippen LogP contribution >= 0.6 is 0 Å². The van der Waals surface area contributed by atoms with Gasteiger partial charge in [0, 0.05) is 31.1 Å². The summed E-state index contributed by atoms with van der Waals surface area (Å²) in [6.07, 6.45) is 4.97. The van der Waals surface area contributed by atoms with Gasteiger partial charge in [0.25, 0.3) is 5.91 Å². The Morgan fingerprint density at radius 3 is 2.59 bits per heavy atom. The van der Waals surface area contributed by atoms with Crippen molar-refractivity contribution in [1.29, 1.82) is 0 Å². The maximum atomic E-state index is 12.7. The summed E-state index contributed by atoms with van der Waals surface area (Å²) in [4.78, 5) is 23.6. The summed E-state index contributed by atoms with van der Waals surface area (Å²) < 4.78 is 5.67. The third kappa shape index (κ3) is 2.85. The predicted octanol–water partition coefficient (Wildman–Crippen LogP) is 3.85. The van der Waals surface area contributed by atoms with Gasteiger partial charge >= 0.3 is 0 Å². The van der Waals surface area contributed by atoms with Gasteiger partial charge in [-0.05, 0) is 60.9 Å². The van der Waals surface area contributed by atoms with Crippen molar-refractivity contribution >= 4 is 5.91 Å². The Labute approximate surface area is 173 Å². The van der Waals surface area contributed by atoms with Crippen LogP contribution in [0.5, 0.6) is 5.75 Å². The van der Waals surface area contributed by atoms with Crippen LogP contribution in [0.1, 0.15) is 65.8 Å². The van der Waals surface area contributed by atoms with E-state index in [1.165, 1.54) is 22.4 Å². The molecule has 0 N–H and O–H groups in total. The van der Waals surface area contributed by atoms with E-state index in [1.807, 2.05) is 13.1 Å². The number of aryl methyl sites for hydroxylation is 2. The first-order valence-electron chi connectivity index (χ1n) is 10.4. The largest absolute Gasteiger partial charge is 0.496 e. The molecule has 0 radical (unpaired) electrons. The van der Waals surface area contributed by atoms with Gasteiger partial charge in [-0.2, -0.15) is 0 Å². The van der Waals surface area contributed by atoms with E-state index in [-0.39, 0.29) is 16.7 Å². The fraction of sp³-hybridized carbons (Fsp3) is 0.542. The molecule has 5 nitrogen and oxygen atoms in total. The van der Waals surface area contributed by atoms with Crippen LogP contribution < -0.4 is 4.74 Å². The number of aromatic nitrogens is 2. The van der Waals surface area contributed by atoms with Gasteiger partial charge in [0.2, 0.25) is 0 Å². The maximum absolute atomic E-state index is 12.7. The summed E-state index contributed by atoms with van der Waals surface area (Å²) in [6.45, 7) is 8.99. The SMILES string of the molecule is COc1cc2c(cc1C(=O)N(C)C)CCC1C(C)(C)c3nc(C)ncc3C[C@]21C. The van der Waals surface area contributed by atoms with Crippen molar-refractivity contribution in [3.8, 4) is 5.75 Å². The monoisotopic (exact) mass is 393 g/mol. The summed E-state index contributed by atoms with van der Waals surface area (Å²) in [6, 6.07) is 4.18. The topological polar surface area (TPSA) is 55.3 Å². The van der Waals surface area contributed by atoms with Crippen LogP contribution in [0.2, 0.25) is 0 Å². The Morgan fingerprint density at radius 1 is 1.21 bits per heavy atom. The molecule has 1 unspecified atom stereocenters. The number of rotatable bonds is 2. The Kier molecular flexibility index (Phi) is 4.48. The van der Waals surface area contributed by atoms with Crippen LogP contribution in [0.25, 0.3) is 0 Å². The highest BCUT2D eigenvalue weighted by Crippen LogP contribution is 2.56. The molecule has 0 fully saturated rings. The number of nitrogens with zero attached hydrogens (tertiary/aromatic N) is 3. The van der Waals surface area contributed by atoms with Crippen molar-refractivity contribution in [2.75, 3.05) is 21.2 Å². The molecule has 0 spiro atoms. The van der Waals surface area contributed by atoms with Crippen molar-refractivity contribution in [3.05, 3.63) is 52.1 Å². The Morgan fingerprint density at radius 2 is 1.93 bits per heavy atom. The van der Waals surface area contributed by atoms with Crippen LogP contribution in [0.3, 0.4) is 0 Å². The van der Waals surface area contributed by atoms with E-state index < -0.39 is 0 Å². The van der Waals surface area contributed by atoms with Crippen LogP contribution in [0.4, 0.5) is 0 Å². The van der Waals surface area contributed by atoms with Crippen LogP contribution in [0.15, 0.2) is 18.3 Å². The molecule has 4 rings (SSSR count). The van der Waals surface area contributed by atoms with Crippen molar-refractivity contribution in [2.24, 2.45) is 5.92 Å². The number of carbonyl (C=O) groups excluding carboxylic acids is 1. The Bertz CT molecular complexity index is 996. The minimum absolute atomic E-state index is 0.0184. The van der Waals surface area contributed by atoms with E-state index in [4.69, 9.17) is 9.72 Å². The summed E-state index contributed by atoms with van der Waals surface area (Å²) in [5, 5.41) is 0. The quantitative estimate of drug-likeness (QED) is 0.778. The molecule has 0 aliphatic heterocycles. The second kappa shape index (κ2) is 6.54. The molecule has 1 aromatic heterocycles. The molecule has 2 aliphatic rings. The van der Waals surface area contributed by atoms with Crippen LogP contribution in [-0.4, -0.2) is 42.0 Å². The standard InChI is InChI=1S/C24H31N3O2/c1-14-25-13-16-12-24(4)18-11-19(29-7)17(22(28)27(5)6)10-15(18)8-9-20(24)23(2,3)21(16)26-14/h10-11,13,20H,8-9,12H2,1-7H3/t20?,24-/m1/s1. The molecule has 1 heterocycles. The molecule has 0 saturated heterocycles. The van der Waals surface area contributed by atoms with Crippen LogP contribution in [0, 0.1) is 12.8 Å². The smallest absolute Gasteiger partial charge is 0.257 e. The molecule has 2 aliphatic carbocycles. The lowest BCUT2D eigenvalue weighted by atomic mass is 9.50. The van der Waals surface area contributed by atoms with E-state index in [0.717, 1.165) is 25.1 Å². The number of carbonyl (C=O) groups is 1. The fourth-order valence-electron chi connectivity index (χ4n) is 5.86. The van der Waals surface area contributed by atoms with Gasteiger partial charge in [-0.25, -0.2) is 9.97 Å². The third-order valence-electron chi connectivity index (χ3n) is 7.17. The van der Waals surface area contributed by atoms with Gasteiger partial charge in [-0.3, -0.25) is 4.79 Å². The fourth-order valence-corrected chi connectivity index (χ4v) is 5.86. The molecule has 29 heavy (non-hydrogen) atoms. The number of fused-ring (bicyclic) bond motifs is 4. The summed E-state index contributed by atoms with van der Waals surface area (Å²) in [5.74, 6) is 1.94. The van der Waals surface area contributed by atoms with E-state index in [1.54, 1.807) is 26.1 Å². The van der Waals surface area contributed by atoms with E-state index >= 15 is 0 Å². The lowest BCUT2D eigenvalue weighted by molar-refractivity contribution is 0.0823. The summed E-state index contributed by atoms with van der Waals surface area (Å²) in [7, 11) is 5.20. The molecule has 2 atom stereocenters. The molecular weight excluding hydrogens is 362 g/mol. The van der Waals surface area contributed by atoms with Crippen molar-refractivity contribution in [3.63, 3.8) is 0 Å². The number of methoxy groups -OCH3 is 1. The zero-order chi connectivity index (χ0) is 21.1. The molecular formula is C24H31N3O2. The average molecular weight is 394 g/mol. The first-order chi connectivity index (χ1) is 13.6. The van der Waals surface area contributed by atoms with Gasteiger partial charge in [-0.1, -0.05) is 20.8 Å². The number of hydrogen-bond acceptors (Lipinski definition) is 4. The minimum Gasteiger partial charge on any atom is -0.496 e. The number of amides is 1. The molecule has 0 saturated carbocycles. The van der Waals surface area contributed by atoms with Crippen molar-refractivity contribution in [2.45, 2.75) is 57.8 Å². The van der Waals surface area contributed by atoms with Gasteiger partial charge in [-0.15, -0.1) is 0 Å². The summed E-state index contributed by atoms with van der Waals surface area (Å²) >= 11 is 0. The molecule has 1 aromatic carbocycles. The zero-order valence-electron chi connectivity index (χ0n) is 18.6. The van der Waals surface area contributed by atoms with Gasteiger partial charge in [0.1, 0.15) is 11.6 Å². The second-order valence-electron chi connectivity index (χ2n) is 9.61. The van der Waals surface area contributed by atoms with Crippen LogP contribution in [-0.2, 0) is 23.7 Å². The highest BCUT2D eigenvalue weighted by Gasteiger charge is 2.53. The number of ether oxygens (including phenoxy) is 1. The molecule has 154 valence electrons. The maximum Gasteiger partial charge on any atom is 0.257 e. The molecule has 5 heteroatoms.